The van der Waals surface area contributed by atoms with Gasteiger partial charge < -0.3 is 34.5 Å². The van der Waals surface area contributed by atoms with Gasteiger partial charge in [-0.15, -0.1) is 0 Å². The predicted octanol–water partition coefficient (Wildman–Crippen LogP) is -0.871. The fourth-order valence-corrected chi connectivity index (χ4v) is 2.64. The van der Waals surface area contributed by atoms with Gasteiger partial charge >= 0.3 is 5.97 Å². The number of esters is 1. The van der Waals surface area contributed by atoms with Gasteiger partial charge in [0.1, 0.15) is 30.5 Å². The topological polar surface area (TPSA) is 109 Å². The number of aliphatic hydroxyl groups is 1. The number of rotatable bonds is 5. The van der Waals surface area contributed by atoms with Crippen LogP contribution in [0.1, 0.15) is 20.8 Å². The maximum atomic E-state index is 11.6. The Labute approximate surface area is 123 Å². The lowest BCUT2D eigenvalue weighted by Gasteiger charge is -2.28. The number of methoxy groups -OCH3 is 1. The molecule has 21 heavy (non-hydrogen) atoms. The van der Waals surface area contributed by atoms with Crippen molar-refractivity contribution in [3.63, 3.8) is 0 Å². The van der Waals surface area contributed by atoms with Crippen molar-refractivity contribution in [3.8, 4) is 0 Å². The number of hydrogen-bond acceptors (Lipinski definition) is 8. The maximum absolute atomic E-state index is 11.6. The number of nitrogens with two attached hydrogens (primary N) is 1. The van der Waals surface area contributed by atoms with Crippen LogP contribution in [0.5, 0.6) is 0 Å². The number of aliphatic hydroxyl groups excluding tert-OH is 1. The number of carbonyl (C=O) groups is 1. The lowest BCUT2D eigenvalue weighted by atomic mass is 10.0. The van der Waals surface area contributed by atoms with Gasteiger partial charge in [-0.25, -0.2) is 0 Å². The molecule has 2 heterocycles. The van der Waals surface area contributed by atoms with Gasteiger partial charge in [0.25, 0.3) is 0 Å². The zero-order valence-corrected chi connectivity index (χ0v) is 12.6. The molecule has 0 aromatic carbocycles. The molecule has 0 aromatic heterocycles. The first kappa shape index (κ1) is 16.6. The summed E-state index contributed by atoms with van der Waals surface area (Å²) in [6.07, 6.45) is -3.86. The SMILES string of the molecule is CCOC(=O)[C@@H](N)[C@H](O)[C@H]1O[C@@H](OC)[C@H]2OC(C)(C)O[C@H]21. The normalized spacial score (nSPS) is 37.0. The van der Waals surface area contributed by atoms with Gasteiger partial charge in [-0.3, -0.25) is 4.79 Å². The highest BCUT2D eigenvalue weighted by Gasteiger charge is 2.58. The molecule has 0 radical (unpaired) electrons. The zero-order chi connectivity index (χ0) is 15.8. The molecule has 0 unspecified atom stereocenters. The van der Waals surface area contributed by atoms with Crippen LogP contribution in [-0.2, 0) is 28.5 Å². The van der Waals surface area contributed by atoms with E-state index in [1.54, 1.807) is 20.8 Å². The van der Waals surface area contributed by atoms with E-state index in [1.807, 2.05) is 0 Å². The van der Waals surface area contributed by atoms with Crippen LogP contribution in [0.3, 0.4) is 0 Å². The van der Waals surface area contributed by atoms with Crippen molar-refractivity contribution in [1.29, 1.82) is 0 Å². The summed E-state index contributed by atoms with van der Waals surface area (Å²) in [7, 11) is 1.47. The number of fused-ring (bicyclic) bond motifs is 1. The van der Waals surface area contributed by atoms with Crippen LogP contribution in [0.15, 0.2) is 0 Å². The number of ether oxygens (including phenoxy) is 5. The summed E-state index contributed by atoms with van der Waals surface area (Å²) in [6.45, 7) is 5.36. The highest BCUT2D eigenvalue weighted by Crippen LogP contribution is 2.40. The molecule has 0 aliphatic carbocycles. The fraction of sp³-hybridized carbons (Fsp3) is 0.923. The minimum Gasteiger partial charge on any atom is -0.465 e. The summed E-state index contributed by atoms with van der Waals surface area (Å²) >= 11 is 0. The van der Waals surface area contributed by atoms with Gasteiger partial charge in [0, 0.05) is 7.11 Å². The molecule has 8 heteroatoms. The van der Waals surface area contributed by atoms with Crippen molar-refractivity contribution in [2.45, 2.75) is 63.3 Å². The van der Waals surface area contributed by atoms with Crippen molar-refractivity contribution in [1.82, 2.24) is 0 Å². The molecule has 2 aliphatic heterocycles. The van der Waals surface area contributed by atoms with Crippen LogP contribution in [0.4, 0.5) is 0 Å². The second kappa shape index (κ2) is 6.15. The van der Waals surface area contributed by atoms with Gasteiger partial charge in [-0.05, 0) is 20.8 Å². The first-order valence-electron chi connectivity index (χ1n) is 6.95. The lowest BCUT2D eigenvalue weighted by molar-refractivity contribution is -0.238. The van der Waals surface area contributed by atoms with Crippen LogP contribution in [0.2, 0.25) is 0 Å². The van der Waals surface area contributed by atoms with E-state index in [1.165, 1.54) is 7.11 Å². The van der Waals surface area contributed by atoms with Crippen LogP contribution in [-0.4, -0.2) is 67.3 Å². The molecule has 0 bridgehead atoms. The molecule has 2 aliphatic rings. The largest absolute Gasteiger partial charge is 0.465 e. The molecule has 2 rings (SSSR count). The molecule has 8 nitrogen and oxygen atoms in total. The molecule has 0 spiro atoms. The summed E-state index contributed by atoms with van der Waals surface area (Å²) < 4.78 is 27.0. The lowest BCUT2D eigenvalue weighted by Crippen LogP contribution is -2.52. The Hall–Kier alpha value is -0.770. The van der Waals surface area contributed by atoms with Crippen molar-refractivity contribution in [3.05, 3.63) is 0 Å². The van der Waals surface area contributed by atoms with E-state index < -0.39 is 48.5 Å². The summed E-state index contributed by atoms with van der Waals surface area (Å²) in [5.74, 6) is -1.51. The quantitative estimate of drug-likeness (QED) is 0.631. The third kappa shape index (κ3) is 3.20. The monoisotopic (exact) mass is 305 g/mol. The Morgan fingerprint density at radius 1 is 1.38 bits per heavy atom. The minimum atomic E-state index is -1.28. The predicted molar refractivity (Wildman–Crippen MR) is 70.1 cm³/mol. The molecular formula is C13H23NO7. The standard InChI is InChI=1S/C13H23NO7/c1-5-18-11(16)6(14)7(15)8-9-10(12(17-4)19-8)21-13(2,3)20-9/h6-10,12,15H,5,14H2,1-4H3/t6-,7-,8+,9-,10-,12+/m0/s1. The fourth-order valence-electron chi connectivity index (χ4n) is 2.64. The summed E-state index contributed by atoms with van der Waals surface area (Å²) in [5, 5.41) is 10.3. The van der Waals surface area contributed by atoms with Crippen LogP contribution in [0.25, 0.3) is 0 Å². The summed E-state index contributed by atoms with van der Waals surface area (Å²) in [5.41, 5.74) is 5.72. The average Bonchev–Trinajstić information content (AvgIpc) is 2.90. The van der Waals surface area contributed by atoms with E-state index in [0.717, 1.165) is 0 Å². The molecule has 6 atom stereocenters. The molecule has 0 saturated carbocycles. The average molecular weight is 305 g/mol. The van der Waals surface area contributed by atoms with Crippen LogP contribution >= 0.6 is 0 Å². The van der Waals surface area contributed by atoms with Gasteiger partial charge in [0.15, 0.2) is 12.1 Å². The number of carbonyl (C=O) groups excluding carboxylic acids is 1. The zero-order valence-electron chi connectivity index (χ0n) is 12.6. The van der Waals surface area contributed by atoms with E-state index in [2.05, 4.69) is 0 Å². The van der Waals surface area contributed by atoms with Gasteiger partial charge in [0.05, 0.1) is 6.61 Å². The Morgan fingerprint density at radius 2 is 2.00 bits per heavy atom. The van der Waals surface area contributed by atoms with E-state index >= 15 is 0 Å². The molecule has 122 valence electrons. The summed E-state index contributed by atoms with van der Waals surface area (Å²) in [4.78, 5) is 11.6. The third-order valence-electron chi connectivity index (χ3n) is 3.54. The van der Waals surface area contributed by atoms with E-state index in [-0.39, 0.29) is 6.61 Å². The minimum absolute atomic E-state index is 0.185. The smallest absolute Gasteiger partial charge is 0.325 e. The second-order valence-corrected chi connectivity index (χ2v) is 5.54. The van der Waals surface area contributed by atoms with Crippen molar-refractivity contribution in [2.75, 3.05) is 13.7 Å². The molecule has 2 saturated heterocycles. The molecule has 0 amide bonds. The van der Waals surface area contributed by atoms with Crippen LogP contribution < -0.4 is 5.73 Å². The summed E-state index contributed by atoms with van der Waals surface area (Å²) in [6, 6.07) is -1.22. The highest BCUT2D eigenvalue weighted by atomic mass is 16.8. The third-order valence-corrected chi connectivity index (χ3v) is 3.54. The Morgan fingerprint density at radius 3 is 2.57 bits per heavy atom. The van der Waals surface area contributed by atoms with Gasteiger partial charge in [0.2, 0.25) is 0 Å². The first-order valence-corrected chi connectivity index (χ1v) is 6.95. The van der Waals surface area contributed by atoms with Crippen molar-refractivity contribution >= 4 is 5.97 Å². The van der Waals surface area contributed by atoms with Crippen molar-refractivity contribution < 1.29 is 33.6 Å². The molecular weight excluding hydrogens is 282 g/mol. The van der Waals surface area contributed by atoms with E-state index in [4.69, 9.17) is 29.4 Å². The highest BCUT2D eigenvalue weighted by molar-refractivity contribution is 5.76. The maximum Gasteiger partial charge on any atom is 0.325 e. The van der Waals surface area contributed by atoms with Gasteiger partial charge in [-0.1, -0.05) is 0 Å². The van der Waals surface area contributed by atoms with E-state index in [9.17, 15) is 9.90 Å². The van der Waals surface area contributed by atoms with E-state index in [0.29, 0.717) is 0 Å². The Kier molecular flexibility index (Phi) is 4.86. The van der Waals surface area contributed by atoms with Gasteiger partial charge in [-0.2, -0.15) is 0 Å². The van der Waals surface area contributed by atoms with Crippen LogP contribution in [0, 0.1) is 0 Å². The second-order valence-electron chi connectivity index (χ2n) is 5.54. The molecule has 0 aromatic rings. The Bertz CT molecular complexity index is 389. The first-order chi connectivity index (χ1) is 9.80. The molecule has 3 N–H and O–H groups in total. The molecule has 2 fully saturated rings. The number of hydrogen-bond donors (Lipinski definition) is 2. The van der Waals surface area contributed by atoms with Crippen molar-refractivity contribution in [2.24, 2.45) is 5.73 Å². The Balaban J connectivity index is 2.10.